The summed E-state index contributed by atoms with van der Waals surface area (Å²) in [5.74, 6) is -2.69. The largest absolute Gasteiger partial charge is 0.462 e. The van der Waals surface area contributed by atoms with E-state index in [0.29, 0.717) is 23.4 Å². The quantitative estimate of drug-likeness (QED) is 0.306. The standard InChI is InChI=1S/C24H26BrN3O7/c1-15(2)13-35-24(33)17-5-9-19(10-6-17)26-20(29)11-12-22(31)34-14-21(30)27-28-23(32)16-3-7-18(25)8-4-16/h3-10,15H,11-14H2,1-2H3,(H,26,29)(H,27,30)(H,28,32). The van der Waals surface area contributed by atoms with E-state index >= 15 is 0 Å². The van der Waals surface area contributed by atoms with Crippen LogP contribution in [0.15, 0.2) is 53.0 Å². The van der Waals surface area contributed by atoms with Gasteiger partial charge in [-0.15, -0.1) is 0 Å². The van der Waals surface area contributed by atoms with Gasteiger partial charge >= 0.3 is 11.9 Å². The van der Waals surface area contributed by atoms with Crippen molar-refractivity contribution in [1.82, 2.24) is 10.9 Å². The van der Waals surface area contributed by atoms with E-state index in [4.69, 9.17) is 9.47 Å². The zero-order chi connectivity index (χ0) is 25.8. The van der Waals surface area contributed by atoms with Crippen molar-refractivity contribution in [2.24, 2.45) is 5.92 Å². The summed E-state index contributed by atoms with van der Waals surface area (Å²) < 4.78 is 10.7. The van der Waals surface area contributed by atoms with Crippen molar-refractivity contribution in [3.05, 3.63) is 64.1 Å². The Labute approximate surface area is 210 Å². The molecule has 0 saturated heterocycles. The molecule has 2 rings (SSSR count). The minimum atomic E-state index is -0.752. The van der Waals surface area contributed by atoms with Crippen molar-refractivity contribution in [1.29, 1.82) is 0 Å². The summed E-state index contributed by atoms with van der Waals surface area (Å²) in [7, 11) is 0. The fourth-order valence-corrected chi connectivity index (χ4v) is 2.77. The molecule has 0 atom stereocenters. The van der Waals surface area contributed by atoms with Gasteiger partial charge in [-0.05, 0) is 54.4 Å². The number of amides is 3. The number of nitrogens with one attached hydrogen (secondary N) is 3. The van der Waals surface area contributed by atoms with Crippen LogP contribution in [0.4, 0.5) is 5.69 Å². The molecule has 186 valence electrons. The van der Waals surface area contributed by atoms with Gasteiger partial charge in [-0.2, -0.15) is 0 Å². The number of hydrogen-bond acceptors (Lipinski definition) is 7. The second kappa shape index (κ2) is 13.9. The van der Waals surface area contributed by atoms with Gasteiger partial charge in [-0.25, -0.2) is 4.79 Å². The summed E-state index contributed by atoms with van der Waals surface area (Å²) >= 11 is 3.25. The molecular formula is C24H26BrN3O7. The molecule has 11 heteroatoms. The van der Waals surface area contributed by atoms with Crippen LogP contribution in [-0.2, 0) is 23.9 Å². The molecule has 0 aromatic heterocycles. The average molecular weight is 548 g/mol. The van der Waals surface area contributed by atoms with Gasteiger partial charge in [0.25, 0.3) is 11.8 Å². The first-order chi connectivity index (χ1) is 16.6. The second-order valence-corrected chi connectivity index (χ2v) is 8.70. The highest BCUT2D eigenvalue weighted by atomic mass is 79.9. The first-order valence-electron chi connectivity index (χ1n) is 10.7. The monoisotopic (exact) mass is 547 g/mol. The third-order valence-electron chi connectivity index (χ3n) is 4.29. The van der Waals surface area contributed by atoms with Crippen LogP contribution in [0, 0.1) is 5.92 Å². The Balaban J connectivity index is 1.65. The van der Waals surface area contributed by atoms with E-state index in [1.807, 2.05) is 13.8 Å². The van der Waals surface area contributed by atoms with Crippen molar-refractivity contribution < 1.29 is 33.4 Å². The lowest BCUT2D eigenvalue weighted by Gasteiger charge is -2.09. The maximum absolute atomic E-state index is 12.0. The number of hydrazine groups is 1. The molecule has 35 heavy (non-hydrogen) atoms. The lowest BCUT2D eigenvalue weighted by Crippen LogP contribution is -2.43. The molecule has 10 nitrogen and oxygen atoms in total. The van der Waals surface area contributed by atoms with Crippen molar-refractivity contribution in [3.63, 3.8) is 0 Å². The van der Waals surface area contributed by atoms with E-state index in [0.717, 1.165) is 4.47 Å². The SMILES string of the molecule is CC(C)COC(=O)c1ccc(NC(=O)CCC(=O)OCC(=O)NNC(=O)c2ccc(Br)cc2)cc1. The van der Waals surface area contributed by atoms with Gasteiger partial charge in [0.05, 0.1) is 18.6 Å². The van der Waals surface area contributed by atoms with Crippen molar-refractivity contribution in [2.75, 3.05) is 18.5 Å². The average Bonchev–Trinajstić information content (AvgIpc) is 2.84. The van der Waals surface area contributed by atoms with E-state index in [-0.39, 0.29) is 18.8 Å². The minimum absolute atomic E-state index is 0.168. The summed E-state index contributed by atoms with van der Waals surface area (Å²) in [6.45, 7) is 3.57. The molecule has 0 spiro atoms. The Morgan fingerprint density at radius 1 is 0.800 bits per heavy atom. The smallest absolute Gasteiger partial charge is 0.338 e. The number of esters is 2. The molecule has 2 aromatic carbocycles. The molecule has 2 aromatic rings. The maximum atomic E-state index is 12.0. The maximum Gasteiger partial charge on any atom is 0.338 e. The molecule has 0 aliphatic heterocycles. The van der Waals surface area contributed by atoms with E-state index in [2.05, 4.69) is 32.1 Å². The van der Waals surface area contributed by atoms with Crippen LogP contribution in [-0.4, -0.2) is 42.9 Å². The number of ether oxygens (including phenoxy) is 2. The molecule has 0 bridgehead atoms. The summed E-state index contributed by atoms with van der Waals surface area (Å²) in [6.07, 6.45) is -0.414. The van der Waals surface area contributed by atoms with Crippen LogP contribution in [0.3, 0.4) is 0 Å². The summed E-state index contributed by atoms with van der Waals surface area (Å²) in [4.78, 5) is 59.4. The molecule has 0 saturated carbocycles. The summed E-state index contributed by atoms with van der Waals surface area (Å²) in [6, 6.07) is 12.6. The Morgan fingerprint density at radius 2 is 1.43 bits per heavy atom. The molecule has 0 radical (unpaired) electrons. The second-order valence-electron chi connectivity index (χ2n) is 7.79. The Morgan fingerprint density at radius 3 is 2.06 bits per heavy atom. The molecule has 0 heterocycles. The number of anilines is 1. The highest BCUT2D eigenvalue weighted by Crippen LogP contribution is 2.12. The first-order valence-corrected chi connectivity index (χ1v) is 11.5. The predicted octanol–water partition coefficient (Wildman–Crippen LogP) is 2.99. The predicted molar refractivity (Wildman–Crippen MR) is 130 cm³/mol. The minimum Gasteiger partial charge on any atom is -0.462 e. The molecule has 0 unspecified atom stereocenters. The number of hydrogen-bond donors (Lipinski definition) is 3. The zero-order valence-electron chi connectivity index (χ0n) is 19.3. The highest BCUT2D eigenvalue weighted by Gasteiger charge is 2.13. The van der Waals surface area contributed by atoms with Gasteiger partial charge in [0.1, 0.15) is 0 Å². The van der Waals surface area contributed by atoms with Crippen LogP contribution in [0.2, 0.25) is 0 Å². The van der Waals surface area contributed by atoms with Crippen molar-refractivity contribution in [2.45, 2.75) is 26.7 Å². The highest BCUT2D eigenvalue weighted by molar-refractivity contribution is 9.10. The summed E-state index contributed by atoms with van der Waals surface area (Å²) in [5, 5.41) is 2.60. The van der Waals surface area contributed by atoms with Crippen LogP contribution in [0.25, 0.3) is 0 Å². The number of carbonyl (C=O) groups excluding carboxylic acids is 5. The Bertz CT molecular complexity index is 1050. The Kier molecular flexibility index (Phi) is 10.9. The normalized spacial score (nSPS) is 10.3. The molecule has 3 N–H and O–H groups in total. The third-order valence-corrected chi connectivity index (χ3v) is 4.82. The van der Waals surface area contributed by atoms with Crippen molar-refractivity contribution >= 4 is 51.3 Å². The number of rotatable bonds is 10. The van der Waals surface area contributed by atoms with Gasteiger partial charge in [-0.3, -0.25) is 30.0 Å². The molecule has 3 amide bonds. The van der Waals surface area contributed by atoms with Crippen LogP contribution >= 0.6 is 15.9 Å². The van der Waals surface area contributed by atoms with Crippen LogP contribution < -0.4 is 16.2 Å². The van der Waals surface area contributed by atoms with Gasteiger partial charge in [0.15, 0.2) is 6.61 Å². The Hall–Kier alpha value is -3.73. The topological polar surface area (TPSA) is 140 Å². The van der Waals surface area contributed by atoms with E-state index in [1.165, 1.54) is 12.1 Å². The van der Waals surface area contributed by atoms with Gasteiger partial charge < -0.3 is 14.8 Å². The molecule has 0 aliphatic carbocycles. The van der Waals surface area contributed by atoms with Gasteiger partial charge in [0.2, 0.25) is 5.91 Å². The number of halogens is 1. The number of benzene rings is 2. The molecule has 0 aliphatic rings. The van der Waals surface area contributed by atoms with E-state index in [1.54, 1.807) is 36.4 Å². The van der Waals surface area contributed by atoms with Gasteiger partial charge in [-0.1, -0.05) is 29.8 Å². The van der Waals surface area contributed by atoms with Crippen LogP contribution in [0.5, 0.6) is 0 Å². The fraction of sp³-hybridized carbons (Fsp3) is 0.292. The molecule has 0 fully saturated rings. The van der Waals surface area contributed by atoms with E-state index < -0.39 is 36.3 Å². The van der Waals surface area contributed by atoms with Gasteiger partial charge in [0, 0.05) is 22.1 Å². The van der Waals surface area contributed by atoms with Crippen molar-refractivity contribution in [3.8, 4) is 0 Å². The van der Waals surface area contributed by atoms with E-state index in [9.17, 15) is 24.0 Å². The first kappa shape index (κ1) is 27.5. The summed E-state index contributed by atoms with van der Waals surface area (Å²) in [5.41, 5.74) is 5.48. The van der Waals surface area contributed by atoms with Crippen LogP contribution in [0.1, 0.15) is 47.4 Å². The lowest BCUT2D eigenvalue weighted by molar-refractivity contribution is -0.149. The number of carbonyl (C=O) groups is 5. The fourth-order valence-electron chi connectivity index (χ4n) is 2.51. The third kappa shape index (κ3) is 10.4. The lowest BCUT2D eigenvalue weighted by atomic mass is 10.2. The zero-order valence-corrected chi connectivity index (χ0v) is 20.8. The molecular weight excluding hydrogens is 522 g/mol.